The second kappa shape index (κ2) is 8.76. The largest absolute Gasteiger partial charge is 0.507 e. The Kier molecular flexibility index (Phi) is 5.91. The smallest absolute Gasteiger partial charge is 0.259 e. The lowest BCUT2D eigenvalue weighted by atomic mass is 9.96. The number of piperazine rings is 1. The lowest BCUT2D eigenvalue weighted by Gasteiger charge is -2.40. The van der Waals surface area contributed by atoms with E-state index in [9.17, 15) is 9.90 Å². The normalized spacial score (nSPS) is 15.9. The predicted molar refractivity (Wildman–Crippen MR) is 121 cm³/mol. The average molecular weight is 404 g/mol. The molecule has 30 heavy (non-hydrogen) atoms. The Morgan fingerprint density at radius 2 is 1.53 bits per heavy atom. The highest BCUT2D eigenvalue weighted by Crippen LogP contribution is 2.33. The van der Waals surface area contributed by atoms with Gasteiger partial charge < -0.3 is 14.6 Å². The van der Waals surface area contributed by atoms with Gasteiger partial charge in [0.1, 0.15) is 5.75 Å². The Balaban J connectivity index is 1.71. The molecule has 1 fully saturated rings. The summed E-state index contributed by atoms with van der Waals surface area (Å²) in [6.07, 6.45) is 0. The first-order valence-corrected chi connectivity index (χ1v) is 10.6. The number of nitrogens with zero attached hydrogens (tertiary/aromatic N) is 3. The summed E-state index contributed by atoms with van der Waals surface area (Å²) in [4.78, 5) is 18.0. The molecular weight excluding hydrogens is 374 g/mol. The summed E-state index contributed by atoms with van der Waals surface area (Å²) >= 11 is 0. The molecule has 0 spiro atoms. The minimum Gasteiger partial charge on any atom is -0.507 e. The Hall–Kier alpha value is -3.05. The molecule has 1 aliphatic heterocycles. The monoisotopic (exact) mass is 403 g/mol. The van der Waals surface area contributed by atoms with Gasteiger partial charge in [-0.15, -0.1) is 0 Å². The number of para-hydroxylation sites is 1. The van der Waals surface area contributed by atoms with E-state index in [2.05, 4.69) is 34.1 Å². The SMILES string of the molecule is CCn1c(C)cc(O)c(C(c2ccccc2)N2CCN(c3ccccc3)CC2)c1=O. The van der Waals surface area contributed by atoms with Crippen LogP contribution in [0.15, 0.2) is 71.5 Å². The summed E-state index contributed by atoms with van der Waals surface area (Å²) in [5.74, 6) is 0.0848. The van der Waals surface area contributed by atoms with Crippen molar-refractivity contribution in [2.45, 2.75) is 26.4 Å². The quantitative estimate of drug-likeness (QED) is 0.704. The van der Waals surface area contributed by atoms with Crippen molar-refractivity contribution in [3.63, 3.8) is 0 Å². The van der Waals surface area contributed by atoms with Crippen LogP contribution in [0.25, 0.3) is 0 Å². The van der Waals surface area contributed by atoms with E-state index in [1.54, 1.807) is 10.6 Å². The van der Waals surface area contributed by atoms with Crippen LogP contribution in [0.1, 0.15) is 29.8 Å². The molecule has 1 saturated heterocycles. The van der Waals surface area contributed by atoms with Gasteiger partial charge in [0.05, 0.1) is 11.6 Å². The lowest BCUT2D eigenvalue weighted by molar-refractivity contribution is 0.207. The highest BCUT2D eigenvalue weighted by atomic mass is 16.3. The number of aromatic hydroxyl groups is 1. The van der Waals surface area contributed by atoms with E-state index in [4.69, 9.17) is 0 Å². The van der Waals surface area contributed by atoms with Gasteiger partial charge in [-0.05, 0) is 37.6 Å². The Morgan fingerprint density at radius 1 is 0.933 bits per heavy atom. The summed E-state index contributed by atoms with van der Waals surface area (Å²) in [6.45, 7) is 7.79. The molecule has 1 aliphatic rings. The lowest BCUT2D eigenvalue weighted by Crippen LogP contribution is -2.49. The second-order valence-electron chi connectivity index (χ2n) is 7.81. The zero-order chi connectivity index (χ0) is 21.1. The van der Waals surface area contributed by atoms with Crippen LogP contribution >= 0.6 is 0 Å². The van der Waals surface area contributed by atoms with Gasteiger partial charge in [-0.1, -0.05) is 48.5 Å². The Labute approximate surface area is 177 Å². The molecule has 1 atom stereocenters. The standard InChI is InChI=1S/C25H29N3O2/c1-3-28-19(2)18-22(29)23(25(28)30)24(20-10-6-4-7-11-20)27-16-14-26(15-17-27)21-12-8-5-9-13-21/h4-13,18,24,29H,3,14-17H2,1-2H3. The van der Waals surface area contributed by atoms with E-state index in [1.165, 1.54) is 5.69 Å². The third-order valence-corrected chi connectivity index (χ3v) is 6.03. The van der Waals surface area contributed by atoms with E-state index < -0.39 is 0 Å². The molecule has 1 aromatic heterocycles. The van der Waals surface area contributed by atoms with Gasteiger partial charge in [-0.3, -0.25) is 9.69 Å². The number of rotatable bonds is 5. The van der Waals surface area contributed by atoms with Gasteiger partial charge in [0.15, 0.2) is 0 Å². The zero-order valence-corrected chi connectivity index (χ0v) is 17.7. The highest BCUT2D eigenvalue weighted by molar-refractivity contribution is 5.47. The number of hydrogen-bond acceptors (Lipinski definition) is 4. The molecule has 4 rings (SSSR count). The first kappa shape index (κ1) is 20.2. The van der Waals surface area contributed by atoms with Crippen LogP contribution in [0.3, 0.4) is 0 Å². The molecule has 0 saturated carbocycles. The van der Waals surface area contributed by atoms with E-state index >= 15 is 0 Å². The van der Waals surface area contributed by atoms with Crippen LogP contribution in [-0.4, -0.2) is 40.8 Å². The summed E-state index contributed by atoms with van der Waals surface area (Å²) in [5.41, 5.74) is 3.41. The van der Waals surface area contributed by atoms with Crippen molar-refractivity contribution in [1.82, 2.24) is 9.47 Å². The molecule has 2 aromatic carbocycles. The van der Waals surface area contributed by atoms with Crippen LogP contribution in [0.2, 0.25) is 0 Å². The van der Waals surface area contributed by atoms with E-state index in [0.29, 0.717) is 12.1 Å². The minimum atomic E-state index is -0.268. The summed E-state index contributed by atoms with van der Waals surface area (Å²) in [7, 11) is 0. The van der Waals surface area contributed by atoms with Crippen LogP contribution in [0.4, 0.5) is 5.69 Å². The fourth-order valence-electron chi connectivity index (χ4n) is 4.49. The average Bonchev–Trinajstić information content (AvgIpc) is 2.78. The molecule has 0 amide bonds. The van der Waals surface area contributed by atoms with E-state index in [1.807, 2.05) is 50.2 Å². The third kappa shape index (κ3) is 3.85. The number of anilines is 1. The maximum atomic E-state index is 13.4. The number of benzene rings is 2. The summed E-state index contributed by atoms with van der Waals surface area (Å²) < 4.78 is 1.74. The van der Waals surface area contributed by atoms with Crippen LogP contribution < -0.4 is 10.5 Å². The Bertz CT molecular complexity index is 1040. The molecule has 5 heteroatoms. The zero-order valence-electron chi connectivity index (χ0n) is 17.7. The second-order valence-corrected chi connectivity index (χ2v) is 7.81. The van der Waals surface area contributed by atoms with Crippen molar-refractivity contribution in [3.8, 4) is 5.75 Å². The fourth-order valence-corrected chi connectivity index (χ4v) is 4.49. The molecule has 0 radical (unpaired) electrons. The molecule has 3 aromatic rings. The first-order valence-electron chi connectivity index (χ1n) is 10.6. The maximum Gasteiger partial charge on any atom is 0.259 e. The molecule has 156 valence electrons. The summed E-state index contributed by atoms with van der Waals surface area (Å²) in [5, 5.41) is 10.8. The van der Waals surface area contributed by atoms with Gasteiger partial charge in [0, 0.05) is 44.1 Å². The van der Waals surface area contributed by atoms with Gasteiger partial charge in [-0.25, -0.2) is 0 Å². The number of hydrogen-bond donors (Lipinski definition) is 1. The van der Waals surface area contributed by atoms with Gasteiger partial charge in [0.25, 0.3) is 5.56 Å². The first-order chi connectivity index (χ1) is 14.6. The van der Waals surface area contributed by atoms with Crippen molar-refractivity contribution in [3.05, 3.63) is 93.9 Å². The molecule has 0 bridgehead atoms. The van der Waals surface area contributed by atoms with Crippen molar-refractivity contribution in [1.29, 1.82) is 0 Å². The van der Waals surface area contributed by atoms with Gasteiger partial charge in [-0.2, -0.15) is 0 Å². The van der Waals surface area contributed by atoms with Crippen LogP contribution in [-0.2, 0) is 6.54 Å². The fraction of sp³-hybridized carbons (Fsp3) is 0.320. The maximum absolute atomic E-state index is 13.4. The third-order valence-electron chi connectivity index (χ3n) is 6.03. The van der Waals surface area contributed by atoms with Crippen molar-refractivity contribution in [2.24, 2.45) is 0 Å². The van der Waals surface area contributed by atoms with Crippen LogP contribution in [0, 0.1) is 6.92 Å². The molecule has 1 N–H and O–H groups in total. The highest BCUT2D eigenvalue weighted by Gasteiger charge is 2.31. The van der Waals surface area contributed by atoms with E-state index in [0.717, 1.165) is 37.4 Å². The van der Waals surface area contributed by atoms with Crippen molar-refractivity contribution in [2.75, 3.05) is 31.1 Å². The summed E-state index contributed by atoms with van der Waals surface area (Å²) in [6, 6.07) is 21.9. The number of aryl methyl sites for hydroxylation is 1. The van der Waals surface area contributed by atoms with Crippen molar-refractivity contribution < 1.29 is 5.11 Å². The molecule has 0 aliphatic carbocycles. The van der Waals surface area contributed by atoms with Crippen LogP contribution in [0.5, 0.6) is 5.75 Å². The van der Waals surface area contributed by atoms with Gasteiger partial charge >= 0.3 is 0 Å². The molecule has 2 heterocycles. The van der Waals surface area contributed by atoms with Gasteiger partial charge in [0.2, 0.25) is 0 Å². The van der Waals surface area contributed by atoms with Crippen molar-refractivity contribution >= 4 is 5.69 Å². The molecule has 1 unspecified atom stereocenters. The Morgan fingerprint density at radius 3 is 2.13 bits per heavy atom. The van der Waals surface area contributed by atoms with E-state index in [-0.39, 0.29) is 17.4 Å². The number of aromatic nitrogens is 1. The topological polar surface area (TPSA) is 48.7 Å². The molecule has 5 nitrogen and oxygen atoms in total. The predicted octanol–water partition coefficient (Wildman–Crippen LogP) is 3.79. The minimum absolute atomic E-state index is 0.0848. The number of pyridine rings is 1. The molecular formula is C25H29N3O2.